The van der Waals surface area contributed by atoms with Crippen molar-refractivity contribution < 1.29 is 61.6 Å². The largest absolute Gasteiger partial charge is 0.481 e. The van der Waals surface area contributed by atoms with Crippen LogP contribution < -0.4 is 31.2 Å². The van der Waals surface area contributed by atoms with Gasteiger partial charge in [-0.2, -0.15) is 4.31 Å². The average Bonchev–Trinajstić information content (AvgIpc) is 3.85. The van der Waals surface area contributed by atoms with Crippen molar-refractivity contribution in [2.24, 2.45) is 0 Å². The molecule has 1 unspecified atom stereocenters. The van der Waals surface area contributed by atoms with E-state index in [1.807, 2.05) is 52.5 Å². The molecule has 4 heterocycles. The van der Waals surface area contributed by atoms with E-state index >= 15 is 0 Å². The minimum atomic E-state index is -5.45. The minimum Gasteiger partial charge on any atom is -0.439 e. The molecular weight excluding hydrogens is 947 g/mol. The van der Waals surface area contributed by atoms with Gasteiger partial charge in [0.05, 0.1) is 12.9 Å². The minimum absolute atomic E-state index is 0.00613. The van der Waals surface area contributed by atoms with Crippen molar-refractivity contribution in [3.05, 3.63) is 84.2 Å². The van der Waals surface area contributed by atoms with Crippen molar-refractivity contribution in [2.75, 3.05) is 72.1 Å². The third-order valence-electron chi connectivity index (χ3n) is 10.9. The maximum absolute atomic E-state index is 14.2. The summed E-state index contributed by atoms with van der Waals surface area (Å²) in [6.45, 7) is -0.793. The van der Waals surface area contributed by atoms with Crippen molar-refractivity contribution in [1.29, 1.82) is 0 Å². The van der Waals surface area contributed by atoms with Gasteiger partial charge in [0.1, 0.15) is 38.1 Å². The first-order valence-corrected chi connectivity index (χ1v) is 24.8. The van der Waals surface area contributed by atoms with E-state index in [4.69, 9.17) is 25.0 Å². The van der Waals surface area contributed by atoms with Crippen molar-refractivity contribution in [1.82, 2.24) is 39.6 Å². The van der Waals surface area contributed by atoms with Gasteiger partial charge in [0.25, 0.3) is 5.91 Å². The number of aliphatic hydroxyl groups excluding tert-OH is 1. The molecule has 7 rings (SSSR count). The first kappa shape index (κ1) is 50.0. The number of hydrogen-bond donors (Lipinski definition) is 7. The number of benzene rings is 3. The van der Waals surface area contributed by atoms with Crippen molar-refractivity contribution in [2.45, 2.75) is 37.4 Å². The van der Waals surface area contributed by atoms with Gasteiger partial charge >= 0.3 is 21.7 Å². The summed E-state index contributed by atoms with van der Waals surface area (Å²) in [6, 6.07) is 20.2. The van der Waals surface area contributed by atoms with Gasteiger partial charge in [-0.15, -0.1) is 11.3 Å². The summed E-state index contributed by atoms with van der Waals surface area (Å²) in [7, 11) is -1.10. The molecule has 0 radical (unpaired) electrons. The second kappa shape index (κ2) is 20.8. The lowest BCUT2D eigenvalue weighted by Crippen LogP contribution is -2.41. The molecule has 2 aromatic heterocycles. The molecule has 0 spiro atoms. The Balaban J connectivity index is 0.945. The fraction of sp³-hybridized carbons (Fsp3) is 0.357. The van der Waals surface area contributed by atoms with Crippen molar-refractivity contribution in [3.8, 4) is 21.6 Å². The number of anilines is 2. The number of amides is 3. The van der Waals surface area contributed by atoms with E-state index < -0.39 is 52.9 Å². The summed E-state index contributed by atoms with van der Waals surface area (Å²) >= 11 is 1.70. The predicted molar refractivity (Wildman–Crippen MR) is 251 cm³/mol. The molecule has 3 amide bonds. The summed E-state index contributed by atoms with van der Waals surface area (Å²) in [5.74, 6) is -0.530. The smallest absolute Gasteiger partial charge is 0.439 e. The zero-order valence-corrected chi connectivity index (χ0v) is 40.1. The van der Waals surface area contributed by atoms with Crippen LogP contribution in [0.2, 0.25) is 0 Å². The fourth-order valence-corrected chi connectivity index (χ4v) is 10.4. The van der Waals surface area contributed by atoms with Gasteiger partial charge in [-0.3, -0.25) is 18.7 Å². The second-order valence-electron chi connectivity index (χ2n) is 16.1. The van der Waals surface area contributed by atoms with Crippen molar-refractivity contribution in [3.63, 3.8) is 0 Å². The highest BCUT2D eigenvalue weighted by Crippen LogP contribution is 2.58. The number of aromatic nitrogens is 4. The normalized spacial score (nSPS) is 18.1. The number of carbonyl (C=O) groups excluding carboxylic acids is 3. The lowest BCUT2D eigenvalue weighted by molar-refractivity contribution is -0.121. The molecule has 2 aliphatic heterocycles. The summed E-state index contributed by atoms with van der Waals surface area (Å²) in [5.41, 5.74) is 10.5. The van der Waals surface area contributed by atoms with Gasteiger partial charge in [-0.05, 0) is 41.8 Å². The van der Waals surface area contributed by atoms with Gasteiger partial charge in [0.15, 0.2) is 23.8 Å². The van der Waals surface area contributed by atoms with Gasteiger partial charge in [0.2, 0.25) is 11.3 Å². The Morgan fingerprint density at radius 2 is 1.72 bits per heavy atom. The predicted octanol–water partition coefficient (Wildman–Crippen LogP) is 2.74. The van der Waals surface area contributed by atoms with Crippen LogP contribution in [0.4, 0.5) is 16.3 Å². The summed E-state index contributed by atoms with van der Waals surface area (Å²) in [5, 5.41) is 18.4. The Morgan fingerprint density at radius 3 is 2.46 bits per heavy atom. The number of fused-ring (bicyclic) bond motifs is 3. The van der Waals surface area contributed by atoms with Crippen LogP contribution in [-0.2, 0) is 32.2 Å². The van der Waals surface area contributed by atoms with Crippen LogP contribution in [0.5, 0.6) is 0 Å². The summed E-state index contributed by atoms with van der Waals surface area (Å²) in [4.78, 5) is 84.5. The molecule has 3 aliphatic rings. The van der Waals surface area contributed by atoms with Crippen LogP contribution in [0.25, 0.3) is 42.8 Å². The molecule has 0 saturated carbocycles. The Kier molecular flexibility index (Phi) is 15.3. The summed E-state index contributed by atoms with van der Waals surface area (Å²) < 4.78 is 47.4. The number of nitrogens with zero attached hydrogens (tertiary/aromatic N) is 7. The lowest BCUT2D eigenvalue weighted by Gasteiger charge is -2.22. The zero-order chi connectivity index (χ0) is 49.1. The maximum Gasteiger partial charge on any atom is 0.481 e. The standard InChI is InChI=1S/C42H50N10O13P2S/c1-49(2)24-12-14-28-31(19-24)68-32-20-25(50(3)4)13-15-29(32)34(28)26-9-6-7-10-27(26)40(55)51(5)18-8-11-33(53)44-16-17-45-42(56)64-37-36(54)30(21-62-67(60,61)65-66(57,58)59)63-41(37)52-23-48-35-38(43)46-22-47-39(35)52/h6-7,9-10,12-15,19-20,22-23,30,36-37,41,54H,8,11,16-18,21H2,1-5H3,(H6-,43,44,45,46,47,53,56,57,58,59,60,61)/p+1/t30-,36-,37-,41-/m1/s1. The monoisotopic (exact) mass is 997 g/mol. The zero-order valence-electron chi connectivity index (χ0n) is 37.5. The van der Waals surface area contributed by atoms with Crippen LogP contribution in [0.1, 0.15) is 29.4 Å². The van der Waals surface area contributed by atoms with Crippen LogP contribution in [0.15, 0.2) is 73.3 Å². The summed E-state index contributed by atoms with van der Waals surface area (Å²) in [6.07, 6.45) is -4.47. The fourth-order valence-electron chi connectivity index (χ4n) is 7.59. The van der Waals surface area contributed by atoms with Crippen LogP contribution in [0, 0.1) is 0 Å². The number of ether oxygens (including phenoxy) is 2. The van der Waals surface area contributed by atoms with Gasteiger partial charge in [-0.1, -0.05) is 24.3 Å². The number of aliphatic hydroxyl groups is 1. The topological polar surface area (TPSA) is 306 Å². The number of rotatable bonds is 17. The number of phosphoric ester groups is 1. The Bertz CT molecular complexity index is 3000. The molecule has 68 heavy (non-hydrogen) atoms. The molecule has 23 nitrogen and oxygen atoms in total. The highest BCUT2D eigenvalue weighted by Gasteiger charge is 2.49. The van der Waals surface area contributed by atoms with E-state index in [9.17, 15) is 33.5 Å². The number of nitrogen functional groups attached to an aromatic ring is 1. The molecule has 362 valence electrons. The van der Waals surface area contributed by atoms with Gasteiger partial charge in [-0.25, -0.2) is 33.5 Å². The first-order chi connectivity index (χ1) is 32.2. The molecule has 1 aliphatic carbocycles. The second-order valence-corrected chi connectivity index (χ2v) is 20.0. The number of carbonyl (C=O) groups is 3. The Morgan fingerprint density at radius 1 is 0.971 bits per heavy atom. The van der Waals surface area contributed by atoms with Gasteiger partial charge in [0, 0.05) is 91.1 Å². The third-order valence-corrected chi connectivity index (χ3v) is 14.2. The molecule has 8 N–H and O–H groups in total. The van der Waals surface area contributed by atoms with E-state index in [-0.39, 0.29) is 54.9 Å². The molecule has 0 bridgehead atoms. The number of nitrogens with two attached hydrogens (primary N) is 1. The Labute approximate surface area is 393 Å². The highest BCUT2D eigenvalue weighted by molar-refractivity contribution is 7.60. The van der Waals surface area contributed by atoms with E-state index in [1.165, 1.54) is 10.9 Å². The third kappa shape index (κ3) is 11.5. The van der Waals surface area contributed by atoms with Crippen LogP contribution in [-0.4, -0.2) is 142 Å². The molecule has 5 atom stereocenters. The number of alkyl carbamates (subject to hydrolysis) is 1. The number of hydrogen-bond acceptors (Lipinski definition) is 16. The van der Waals surface area contributed by atoms with E-state index in [0.29, 0.717) is 12.0 Å². The average molecular weight is 998 g/mol. The van der Waals surface area contributed by atoms with Crippen molar-refractivity contribution >= 4 is 77.6 Å². The lowest BCUT2D eigenvalue weighted by atomic mass is 9.91. The Hall–Kier alpha value is -5.91. The highest BCUT2D eigenvalue weighted by atomic mass is 32.1. The molecule has 4 aromatic rings. The molecule has 2 aromatic carbocycles. The first-order valence-electron chi connectivity index (χ1n) is 21.0. The van der Waals surface area contributed by atoms with E-state index in [2.05, 4.69) is 80.3 Å². The van der Waals surface area contributed by atoms with Crippen LogP contribution in [0.3, 0.4) is 0 Å². The number of imidazole rings is 1. The van der Waals surface area contributed by atoms with E-state index in [1.54, 1.807) is 23.3 Å². The van der Waals surface area contributed by atoms with E-state index in [0.717, 1.165) is 49.0 Å². The molecule has 1 fully saturated rings. The quantitative estimate of drug-likeness (QED) is 0.0299. The number of nitrogens with one attached hydrogen (secondary N) is 2. The maximum atomic E-state index is 14.2. The van der Waals surface area contributed by atoms with Gasteiger partial charge < -0.3 is 55.4 Å². The SMILES string of the molecule is CN(CCCC(=O)NCCNC(=O)O[C@@H]1[C@H](O)[C@@H](COP(=O)(O)OP(=O)(O)O)O[C@H]1n1cnc2c(N)ncnc21)C(=O)c1ccccc1-c1c2ccc(=[N+](C)C)cc-2sc2cc(N(C)C)ccc12. The molecule has 26 heteroatoms. The van der Waals surface area contributed by atoms with Crippen LogP contribution >= 0.6 is 27.0 Å². The molecular formula is C42H51N10O13P2S+. The number of phosphoric acid groups is 2. The molecule has 1 saturated heterocycles.